The van der Waals surface area contributed by atoms with E-state index in [9.17, 15) is 0 Å². The second-order valence-electron chi connectivity index (χ2n) is 3.70. The second-order valence-corrected chi connectivity index (χ2v) is 3.70. The first-order chi connectivity index (χ1) is 8.29. The van der Waals surface area contributed by atoms with Crippen LogP contribution in [0.3, 0.4) is 0 Å². The van der Waals surface area contributed by atoms with Crippen LogP contribution >= 0.6 is 12.4 Å². The van der Waals surface area contributed by atoms with E-state index in [2.05, 4.69) is 11.2 Å². The lowest BCUT2D eigenvalue weighted by Gasteiger charge is -2.06. The van der Waals surface area contributed by atoms with Crippen LogP contribution in [0.5, 0.6) is 5.75 Å². The van der Waals surface area contributed by atoms with E-state index < -0.39 is 0 Å². The summed E-state index contributed by atoms with van der Waals surface area (Å²) in [6.45, 7) is 0.397. The molecule has 0 unspecified atom stereocenters. The van der Waals surface area contributed by atoms with Gasteiger partial charge in [0.05, 0.1) is 6.61 Å². The molecule has 2 aromatic rings. The number of amidine groups is 1. The van der Waals surface area contributed by atoms with Crippen LogP contribution < -0.4 is 10.5 Å². The molecule has 0 radical (unpaired) electrons. The van der Waals surface area contributed by atoms with Crippen molar-refractivity contribution in [2.24, 2.45) is 10.9 Å². The lowest BCUT2D eigenvalue weighted by atomic mass is 10.1. The number of fused-ring (bicyclic) bond motifs is 1. The third-order valence-electron chi connectivity index (χ3n) is 2.48. The van der Waals surface area contributed by atoms with E-state index in [1.54, 1.807) is 0 Å². The lowest BCUT2D eigenvalue weighted by Crippen LogP contribution is -2.15. The van der Waals surface area contributed by atoms with Gasteiger partial charge in [-0.1, -0.05) is 35.5 Å². The van der Waals surface area contributed by atoms with Gasteiger partial charge in [0.2, 0.25) is 0 Å². The monoisotopic (exact) mass is 266 g/mol. The number of ether oxygens (including phenoxy) is 1. The van der Waals surface area contributed by atoms with Crippen molar-refractivity contribution >= 4 is 29.0 Å². The minimum absolute atomic E-state index is 0. The first-order valence-corrected chi connectivity index (χ1v) is 5.37. The summed E-state index contributed by atoms with van der Waals surface area (Å²) in [4.78, 5) is 0. The van der Waals surface area contributed by atoms with E-state index >= 15 is 0 Å². The van der Waals surface area contributed by atoms with Gasteiger partial charge in [0.15, 0.2) is 0 Å². The molecule has 0 amide bonds. The number of rotatable bonds is 4. The summed E-state index contributed by atoms with van der Waals surface area (Å²) in [5.74, 6) is 0.959. The predicted molar refractivity (Wildman–Crippen MR) is 74.7 cm³/mol. The Kier molecular flexibility index (Phi) is 5.27. The number of oxime groups is 1. The number of benzene rings is 2. The van der Waals surface area contributed by atoms with E-state index in [4.69, 9.17) is 15.7 Å². The Bertz CT molecular complexity index is 543. The normalized spacial score (nSPS) is 11.0. The van der Waals surface area contributed by atoms with Gasteiger partial charge in [0, 0.05) is 6.42 Å². The molecule has 0 saturated heterocycles. The molecule has 0 spiro atoms. The summed E-state index contributed by atoms with van der Waals surface area (Å²) in [7, 11) is 0. The average Bonchev–Trinajstić information content (AvgIpc) is 2.38. The van der Waals surface area contributed by atoms with Crippen molar-refractivity contribution in [2.75, 3.05) is 6.61 Å². The zero-order valence-electron chi connectivity index (χ0n) is 9.74. The highest BCUT2D eigenvalue weighted by atomic mass is 35.5. The van der Waals surface area contributed by atoms with Crippen LogP contribution in [-0.2, 0) is 0 Å². The number of nitrogens with two attached hydrogens (primary N) is 1. The molecule has 18 heavy (non-hydrogen) atoms. The molecule has 0 atom stereocenters. The van der Waals surface area contributed by atoms with Crippen molar-refractivity contribution in [3.63, 3.8) is 0 Å². The summed E-state index contributed by atoms with van der Waals surface area (Å²) in [6, 6.07) is 14.0. The molecular weight excluding hydrogens is 252 g/mol. The molecule has 0 bridgehead atoms. The maximum Gasteiger partial charge on any atom is 0.142 e. The summed E-state index contributed by atoms with van der Waals surface area (Å²) in [6.07, 6.45) is 0.406. The van der Waals surface area contributed by atoms with Crippen molar-refractivity contribution in [2.45, 2.75) is 6.42 Å². The molecular formula is C13H15ClN2O2. The summed E-state index contributed by atoms with van der Waals surface area (Å²) in [5.41, 5.74) is 5.35. The van der Waals surface area contributed by atoms with Gasteiger partial charge in [-0.3, -0.25) is 0 Å². The SMILES string of the molecule is Cl.NC(CCOc1ccc2ccccc2c1)=NO. The zero-order valence-corrected chi connectivity index (χ0v) is 10.6. The molecule has 0 aliphatic carbocycles. The first kappa shape index (κ1) is 14.1. The van der Waals surface area contributed by atoms with Crippen LogP contribution in [0.25, 0.3) is 10.8 Å². The second kappa shape index (κ2) is 6.71. The zero-order chi connectivity index (χ0) is 12.1. The Labute approximate surface area is 111 Å². The fourth-order valence-electron chi connectivity index (χ4n) is 1.58. The maximum absolute atomic E-state index is 8.38. The van der Waals surface area contributed by atoms with Crippen molar-refractivity contribution in [3.05, 3.63) is 42.5 Å². The van der Waals surface area contributed by atoms with E-state index in [0.29, 0.717) is 13.0 Å². The van der Waals surface area contributed by atoms with Crippen LogP contribution in [0, 0.1) is 0 Å². The summed E-state index contributed by atoms with van der Waals surface area (Å²) >= 11 is 0. The van der Waals surface area contributed by atoms with Gasteiger partial charge < -0.3 is 15.7 Å². The first-order valence-electron chi connectivity index (χ1n) is 5.37. The molecule has 2 aromatic carbocycles. The Balaban J connectivity index is 0.00000162. The van der Waals surface area contributed by atoms with Crippen LogP contribution in [-0.4, -0.2) is 17.6 Å². The average molecular weight is 267 g/mol. The number of halogens is 1. The van der Waals surface area contributed by atoms with Crippen molar-refractivity contribution < 1.29 is 9.94 Å². The highest BCUT2D eigenvalue weighted by molar-refractivity contribution is 5.85. The molecule has 0 heterocycles. The van der Waals surface area contributed by atoms with E-state index in [1.807, 2.05) is 36.4 Å². The van der Waals surface area contributed by atoms with Crippen LogP contribution in [0.2, 0.25) is 0 Å². The summed E-state index contributed by atoms with van der Waals surface area (Å²) < 4.78 is 5.51. The quantitative estimate of drug-likeness (QED) is 0.387. The van der Waals surface area contributed by atoms with Crippen LogP contribution in [0.1, 0.15) is 6.42 Å². The third kappa shape index (κ3) is 3.53. The topological polar surface area (TPSA) is 67.8 Å². The Morgan fingerprint density at radius 2 is 1.89 bits per heavy atom. The minimum atomic E-state index is 0. The van der Waals surface area contributed by atoms with E-state index in [1.165, 1.54) is 5.39 Å². The highest BCUT2D eigenvalue weighted by Gasteiger charge is 1.98. The molecule has 5 heteroatoms. The van der Waals surface area contributed by atoms with Gasteiger partial charge in [0.25, 0.3) is 0 Å². The lowest BCUT2D eigenvalue weighted by molar-refractivity contribution is 0.306. The van der Waals surface area contributed by atoms with Gasteiger partial charge in [-0.25, -0.2) is 0 Å². The molecule has 4 nitrogen and oxygen atoms in total. The maximum atomic E-state index is 8.38. The molecule has 0 aliphatic rings. The fourth-order valence-corrected chi connectivity index (χ4v) is 1.58. The van der Waals surface area contributed by atoms with Gasteiger partial charge in [-0.2, -0.15) is 0 Å². The van der Waals surface area contributed by atoms with Gasteiger partial charge >= 0.3 is 0 Å². The molecule has 0 aromatic heterocycles. The molecule has 0 saturated carbocycles. The molecule has 0 fully saturated rings. The Hall–Kier alpha value is -1.94. The fraction of sp³-hybridized carbons (Fsp3) is 0.154. The number of hydrogen-bond acceptors (Lipinski definition) is 3. The Morgan fingerprint density at radius 1 is 1.17 bits per heavy atom. The van der Waals surface area contributed by atoms with Gasteiger partial charge in [0.1, 0.15) is 11.6 Å². The van der Waals surface area contributed by atoms with Gasteiger partial charge in [-0.05, 0) is 22.9 Å². The molecule has 3 N–H and O–H groups in total. The third-order valence-corrected chi connectivity index (χ3v) is 2.48. The van der Waals surface area contributed by atoms with E-state index in [-0.39, 0.29) is 18.2 Å². The minimum Gasteiger partial charge on any atom is -0.493 e. The van der Waals surface area contributed by atoms with Crippen LogP contribution in [0.15, 0.2) is 47.6 Å². The molecule has 0 aliphatic heterocycles. The smallest absolute Gasteiger partial charge is 0.142 e. The van der Waals surface area contributed by atoms with Gasteiger partial charge in [-0.15, -0.1) is 12.4 Å². The largest absolute Gasteiger partial charge is 0.493 e. The van der Waals surface area contributed by atoms with E-state index in [0.717, 1.165) is 11.1 Å². The highest BCUT2D eigenvalue weighted by Crippen LogP contribution is 2.20. The predicted octanol–water partition coefficient (Wildman–Crippen LogP) is 2.78. The van der Waals surface area contributed by atoms with Crippen LogP contribution in [0.4, 0.5) is 0 Å². The van der Waals surface area contributed by atoms with Crippen molar-refractivity contribution in [3.8, 4) is 5.75 Å². The number of nitrogens with zero attached hydrogens (tertiary/aromatic N) is 1. The van der Waals surface area contributed by atoms with Crippen molar-refractivity contribution in [1.29, 1.82) is 0 Å². The summed E-state index contributed by atoms with van der Waals surface area (Å²) in [5, 5.41) is 13.6. The number of hydrogen-bond donors (Lipinski definition) is 2. The molecule has 96 valence electrons. The standard InChI is InChI=1S/C13H14N2O2.ClH/c14-13(15-16)7-8-17-12-6-5-10-3-1-2-4-11(10)9-12;/h1-6,9,16H,7-8H2,(H2,14,15);1H. The molecule has 2 rings (SSSR count). The Morgan fingerprint density at radius 3 is 2.61 bits per heavy atom. The van der Waals surface area contributed by atoms with Crippen molar-refractivity contribution in [1.82, 2.24) is 0 Å².